The molecule has 2 aromatic carbocycles. The number of ether oxygens (including phenoxy) is 2. The number of hydrogen-bond acceptors (Lipinski definition) is 4. The van der Waals surface area contributed by atoms with Crippen molar-refractivity contribution in [3.8, 4) is 5.75 Å². The first-order chi connectivity index (χ1) is 11.5. The molecule has 0 heterocycles. The van der Waals surface area contributed by atoms with Crippen molar-refractivity contribution in [2.75, 3.05) is 27.3 Å². The van der Waals surface area contributed by atoms with Crippen molar-refractivity contribution in [2.24, 2.45) is 0 Å². The van der Waals surface area contributed by atoms with Gasteiger partial charge in [-0.15, -0.1) is 0 Å². The molecule has 2 aromatic rings. The Morgan fingerprint density at radius 3 is 2.17 bits per heavy atom. The number of amides is 1. The van der Waals surface area contributed by atoms with Crippen LogP contribution in [0.1, 0.15) is 20.7 Å². The van der Waals surface area contributed by atoms with E-state index in [1.807, 2.05) is 24.3 Å². The molecule has 0 aromatic heterocycles. The number of methoxy groups -OCH3 is 1. The summed E-state index contributed by atoms with van der Waals surface area (Å²) in [4.78, 5) is 25.3. The maximum absolute atomic E-state index is 12.3. The summed E-state index contributed by atoms with van der Waals surface area (Å²) in [7, 11) is 3.03. The third kappa shape index (κ3) is 4.83. The largest absolute Gasteiger partial charge is 0.492 e. The van der Waals surface area contributed by atoms with E-state index in [1.165, 1.54) is 7.11 Å². The number of likely N-dealkylation sites (N-methyl/N-ethyl adjacent to an activating group) is 1. The number of rotatable bonds is 6. The molecular weight excluding hydrogens is 374 g/mol. The number of nitrogens with zero attached hydrogens (tertiary/aromatic N) is 1. The SMILES string of the molecule is COC(=O)c1ccc(C(=O)N(C)CCOc2ccc(Br)cc2)cc1. The molecule has 0 saturated heterocycles. The summed E-state index contributed by atoms with van der Waals surface area (Å²) in [6.07, 6.45) is 0. The fraction of sp³-hybridized carbons (Fsp3) is 0.222. The van der Waals surface area contributed by atoms with Gasteiger partial charge in [0.25, 0.3) is 5.91 Å². The molecule has 0 aliphatic heterocycles. The van der Waals surface area contributed by atoms with Gasteiger partial charge >= 0.3 is 5.97 Å². The van der Waals surface area contributed by atoms with Gasteiger partial charge in [-0.2, -0.15) is 0 Å². The minimum absolute atomic E-state index is 0.133. The molecule has 0 atom stereocenters. The fourth-order valence-corrected chi connectivity index (χ4v) is 2.28. The van der Waals surface area contributed by atoms with Crippen molar-refractivity contribution >= 4 is 27.8 Å². The zero-order chi connectivity index (χ0) is 17.5. The average molecular weight is 392 g/mol. The van der Waals surface area contributed by atoms with Crippen LogP contribution in [0.4, 0.5) is 0 Å². The van der Waals surface area contributed by atoms with E-state index in [1.54, 1.807) is 36.2 Å². The Morgan fingerprint density at radius 1 is 1.00 bits per heavy atom. The summed E-state index contributed by atoms with van der Waals surface area (Å²) in [6.45, 7) is 0.845. The number of carbonyl (C=O) groups excluding carboxylic acids is 2. The topological polar surface area (TPSA) is 55.8 Å². The van der Waals surface area contributed by atoms with Crippen LogP contribution in [0.15, 0.2) is 53.0 Å². The molecule has 0 N–H and O–H groups in total. The van der Waals surface area contributed by atoms with Crippen LogP contribution < -0.4 is 4.74 Å². The second kappa shape index (κ2) is 8.49. The zero-order valence-corrected chi connectivity index (χ0v) is 15.1. The maximum Gasteiger partial charge on any atom is 0.337 e. The third-order valence-corrected chi connectivity index (χ3v) is 3.94. The van der Waals surface area contributed by atoms with E-state index in [9.17, 15) is 9.59 Å². The first-order valence-electron chi connectivity index (χ1n) is 7.33. The standard InChI is InChI=1S/C18H18BrNO4/c1-20(11-12-24-16-9-7-15(19)8-10-16)17(21)13-3-5-14(6-4-13)18(22)23-2/h3-10H,11-12H2,1-2H3. The van der Waals surface area contributed by atoms with E-state index in [0.717, 1.165) is 10.2 Å². The summed E-state index contributed by atoms with van der Waals surface area (Å²) >= 11 is 3.36. The summed E-state index contributed by atoms with van der Waals surface area (Å²) in [5.41, 5.74) is 0.920. The molecule has 1 amide bonds. The Morgan fingerprint density at radius 2 is 1.58 bits per heavy atom. The highest BCUT2D eigenvalue weighted by atomic mass is 79.9. The van der Waals surface area contributed by atoms with E-state index in [4.69, 9.17) is 4.74 Å². The Kier molecular flexibility index (Phi) is 6.37. The summed E-state index contributed by atoms with van der Waals surface area (Å²) in [5, 5.41) is 0. The van der Waals surface area contributed by atoms with Gasteiger partial charge in [0.15, 0.2) is 0 Å². The van der Waals surface area contributed by atoms with E-state index < -0.39 is 5.97 Å². The van der Waals surface area contributed by atoms with Crippen LogP contribution in [0, 0.1) is 0 Å². The molecule has 0 fully saturated rings. The zero-order valence-electron chi connectivity index (χ0n) is 13.5. The van der Waals surface area contributed by atoms with Gasteiger partial charge in [-0.1, -0.05) is 15.9 Å². The lowest BCUT2D eigenvalue weighted by molar-refractivity contribution is 0.0600. The fourth-order valence-electron chi connectivity index (χ4n) is 2.02. The van der Waals surface area contributed by atoms with Gasteiger partial charge in [0, 0.05) is 17.1 Å². The van der Waals surface area contributed by atoms with Crippen molar-refractivity contribution < 1.29 is 19.1 Å². The summed E-state index contributed by atoms with van der Waals surface area (Å²) < 4.78 is 11.2. The minimum atomic E-state index is -0.426. The van der Waals surface area contributed by atoms with Crippen molar-refractivity contribution in [1.82, 2.24) is 4.90 Å². The van der Waals surface area contributed by atoms with E-state index >= 15 is 0 Å². The Labute approximate surface area is 149 Å². The highest BCUT2D eigenvalue weighted by molar-refractivity contribution is 9.10. The molecule has 2 rings (SSSR count). The van der Waals surface area contributed by atoms with Gasteiger partial charge in [0.1, 0.15) is 12.4 Å². The Balaban J connectivity index is 1.87. The van der Waals surface area contributed by atoms with Gasteiger partial charge in [0.2, 0.25) is 0 Å². The van der Waals surface area contributed by atoms with Crippen LogP contribution in [0.3, 0.4) is 0 Å². The highest BCUT2D eigenvalue weighted by Crippen LogP contribution is 2.16. The molecule has 0 spiro atoms. The van der Waals surface area contributed by atoms with Crippen molar-refractivity contribution in [1.29, 1.82) is 0 Å². The quantitative estimate of drug-likeness (QED) is 0.708. The first kappa shape index (κ1) is 18.0. The van der Waals surface area contributed by atoms with Crippen molar-refractivity contribution in [2.45, 2.75) is 0 Å². The van der Waals surface area contributed by atoms with Gasteiger partial charge in [0.05, 0.1) is 19.2 Å². The molecule has 0 aliphatic carbocycles. The van der Waals surface area contributed by atoms with Gasteiger partial charge in [-0.25, -0.2) is 4.79 Å². The highest BCUT2D eigenvalue weighted by Gasteiger charge is 2.13. The smallest absolute Gasteiger partial charge is 0.337 e. The van der Waals surface area contributed by atoms with Crippen LogP contribution in [0.2, 0.25) is 0 Å². The summed E-state index contributed by atoms with van der Waals surface area (Å²) in [5.74, 6) is 0.192. The van der Waals surface area contributed by atoms with Gasteiger partial charge < -0.3 is 14.4 Å². The second-order valence-electron chi connectivity index (χ2n) is 5.10. The minimum Gasteiger partial charge on any atom is -0.492 e. The Bertz CT molecular complexity index is 698. The van der Waals surface area contributed by atoms with Crippen LogP contribution in [-0.2, 0) is 4.74 Å². The lowest BCUT2D eigenvalue weighted by Crippen LogP contribution is -2.30. The predicted octanol–water partition coefficient (Wildman–Crippen LogP) is 3.39. The van der Waals surface area contributed by atoms with E-state index in [-0.39, 0.29) is 5.91 Å². The van der Waals surface area contributed by atoms with Crippen LogP contribution in [0.5, 0.6) is 5.75 Å². The number of esters is 1. The number of halogens is 1. The first-order valence-corrected chi connectivity index (χ1v) is 8.13. The molecule has 5 nitrogen and oxygen atoms in total. The number of benzene rings is 2. The molecule has 24 heavy (non-hydrogen) atoms. The van der Waals surface area contributed by atoms with Crippen LogP contribution in [0.25, 0.3) is 0 Å². The summed E-state index contributed by atoms with van der Waals surface area (Å²) in [6, 6.07) is 13.9. The normalized spacial score (nSPS) is 10.1. The van der Waals surface area contributed by atoms with E-state index in [2.05, 4.69) is 20.7 Å². The monoisotopic (exact) mass is 391 g/mol. The molecule has 0 aliphatic rings. The molecule has 126 valence electrons. The molecule has 0 saturated carbocycles. The second-order valence-corrected chi connectivity index (χ2v) is 6.01. The maximum atomic E-state index is 12.3. The molecule has 0 bridgehead atoms. The molecule has 0 radical (unpaired) electrons. The van der Waals surface area contributed by atoms with Crippen molar-refractivity contribution in [3.63, 3.8) is 0 Å². The third-order valence-electron chi connectivity index (χ3n) is 3.41. The molecular formula is C18H18BrNO4. The average Bonchev–Trinajstić information content (AvgIpc) is 2.62. The Hall–Kier alpha value is -2.34. The van der Waals surface area contributed by atoms with Crippen molar-refractivity contribution in [3.05, 3.63) is 64.1 Å². The number of hydrogen-bond donors (Lipinski definition) is 0. The van der Waals surface area contributed by atoms with E-state index in [0.29, 0.717) is 24.3 Å². The molecule has 6 heteroatoms. The van der Waals surface area contributed by atoms with Gasteiger partial charge in [-0.3, -0.25) is 4.79 Å². The lowest BCUT2D eigenvalue weighted by atomic mass is 10.1. The lowest BCUT2D eigenvalue weighted by Gasteiger charge is -2.17. The van der Waals surface area contributed by atoms with Crippen LogP contribution in [-0.4, -0.2) is 44.1 Å². The van der Waals surface area contributed by atoms with Gasteiger partial charge in [-0.05, 0) is 48.5 Å². The van der Waals surface area contributed by atoms with Crippen LogP contribution >= 0.6 is 15.9 Å². The number of carbonyl (C=O) groups is 2. The molecule has 0 unspecified atom stereocenters. The predicted molar refractivity (Wildman–Crippen MR) is 94.4 cm³/mol.